The third kappa shape index (κ3) is 3.37. The summed E-state index contributed by atoms with van der Waals surface area (Å²) in [5.74, 6) is -0.129. The van der Waals surface area contributed by atoms with Gasteiger partial charge in [-0.15, -0.1) is 0 Å². The minimum Gasteiger partial charge on any atom is -0.507 e. The first-order valence-corrected chi connectivity index (χ1v) is 7.72. The molecule has 2 aromatic rings. The zero-order chi connectivity index (χ0) is 16.4. The number of para-hydroxylation sites is 1. The van der Waals surface area contributed by atoms with Crippen molar-refractivity contribution in [3.8, 4) is 11.5 Å². The lowest BCUT2D eigenvalue weighted by molar-refractivity contribution is -0.115. The van der Waals surface area contributed by atoms with E-state index in [-0.39, 0.29) is 17.4 Å². The Morgan fingerprint density at radius 3 is 2.70 bits per heavy atom. The number of hydrogen-bond acceptors (Lipinski definition) is 5. The van der Waals surface area contributed by atoms with Crippen LogP contribution in [0.1, 0.15) is 11.1 Å². The van der Waals surface area contributed by atoms with Crippen molar-refractivity contribution in [2.75, 3.05) is 0 Å². The lowest BCUT2D eigenvalue weighted by atomic mass is 10.2. The summed E-state index contributed by atoms with van der Waals surface area (Å²) >= 11 is 1.16. The van der Waals surface area contributed by atoms with Gasteiger partial charge >= 0.3 is 0 Å². The Bertz CT molecular complexity index is 843. The van der Waals surface area contributed by atoms with Gasteiger partial charge in [0, 0.05) is 5.56 Å². The van der Waals surface area contributed by atoms with E-state index in [1.165, 1.54) is 0 Å². The molecule has 6 heteroatoms. The summed E-state index contributed by atoms with van der Waals surface area (Å²) in [6.07, 6.45) is 1.61. The highest BCUT2D eigenvalue weighted by molar-refractivity contribution is 8.18. The van der Waals surface area contributed by atoms with Gasteiger partial charge < -0.3 is 15.5 Å². The summed E-state index contributed by atoms with van der Waals surface area (Å²) in [4.78, 5) is 16.7. The van der Waals surface area contributed by atoms with E-state index < -0.39 is 0 Å². The first-order chi connectivity index (χ1) is 11.0. The Labute approximate surface area is 137 Å². The fraction of sp³-hybridized carbons (Fsp3) is 0.0588. The van der Waals surface area contributed by atoms with Gasteiger partial charge in [-0.25, -0.2) is 4.99 Å². The van der Waals surface area contributed by atoms with Crippen LogP contribution in [-0.2, 0) is 4.79 Å². The van der Waals surface area contributed by atoms with E-state index in [0.29, 0.717) is 21.3 Å². The van der Waals surface area contributed by atoms with Crippen molar-refractivity contribution in [3.05, 3.63) is 58.5 Å². The molecule has 3 rings (SSSR count). The van der Waals surface area contributed by atoms with Gasteiger partial charge in [0.2, 0.25) is 0 Å². The van der Waals surface area contributed by atoms with Crippen LogP contribution < -0.4 is 5.32 Å². The summed E-state index contributed by atoms with van der Waals surface area (Å²) in [5.41, 5.74) is 1.92. The van der Waals surface area contributed by atoms with Crippen LogP contribution in [0.4, 0.5) is 5.69 Å². The maximum atomic E-state index is 12.0. The molecule has 23 heavy (non-hydrogen) atoms. The van der Waals surface area contributed by atoms with Gasteiger partial charge in [0.25, 0.3) is 5.91 Å². The Hall–Kier alpha value is -2.73. The molecule has 116 valence electrons. The predicted octanol–water partition coefficient (Wildman–Crippen LogP) is 3.30. The number of carbonyl (C=O) groups is 1. The molecule has 1 aliphatic rings. The highest BCUT2D eigenvalue weighted by Gasteiger charge is 2.24. The molecule has 2 aromatic carbocycles. The Balaban J connectivity index is 1.89. The number of thioether (sulfide) groups is 1. The molecule has 1 aliphatic heterocycles. The molecule has 0 spiro atoms. The number of aryl methyl sites for hydroxylation is 1. The highest BCUT2D eigenvalue weighted by atomic mass is 32.2. The highest BCUT2D eigenvalue weighted by Crippen LogP contribution is 2.33. The normalized spacial score (nSPS) is 17.7. The maximum Gasteiger partial charge on any atom is 0.264 e. The van der Waals surface area contributed by atoms with Crippen molar-refractivity contribution in [1.29, 1.82) is 0 Å². The van der Waals surface area contributed by atoms with E-state index in [4.69, 9.17) is 0 Å². The number of aromatic hydroxyl groups is 2. The molecule has 5 nitrogen and oxygen atoms in total. The molecule has 0 unspecified atom stereocenters. The zero-order valence-corrected chi connectivity index (χ0v) is 13.1. The average Bonchev–Trinajstić information content (AvgIpc) is 2.85. The molecule has 0 bridgehead atoms. The van der Waals surface area contributed by atoms with E-state index in [0.717, 1.165) is 17.3 Å². The molecule has 0 atom stereocenters. The second kappa shape index (κ2) is 6.18. The van der Waals surface area contributed by atoms with Gasteiger partial charge in [-0.05, 0) is 48.5 Å². The second-order valence-corrected chi connectivity index (χ2v) is 6.06. The summed E-state index contributed by atoms with van der Waals surface area (Å²) in [5, 5.41) is 22.6. The largest absolute Gasteiger partial charge is 0.507 e. The molecule has 1 heterocycles. The van der Waals surface area contributed by atoms with Crippen molar-refractivity contribution < 1.29 is 15.0 Å². The van der Waals surface area contributed by atoms with E-state index in [9.17, 15) is 15.0 Å². The fourth-order valence-corrected chi connectivity index (χ4v) is 2.89. The maximum absolute atomic E-state index is 12.0. The van der Waals surface area contributed by atoms with Crippen LogP contribution in [0.5, 0.6) is 11.5 Å². The molecule has 0 aromatic heterocycles. The Morgan fingerprint density at radius 2 is 1.91 bits per heavy atom. The van der Waals surface area contributed by atoms with E-state index in [2.05, 4.69) is 10.3 Å². The topological polar surface area (TPSA) is 81.9 Å². The number of benzene rings is 2. The summed E-state index contributed by atoms with van der Waals surface area (Å²) < 4.78 is 0. The van der Waals surface area contributed by atoms with Crippen molar-refractivity contribution >= 4 is 34.6 Å². The fourth-order valence-electron chi connectivity index (χ4n) is 2.06. The Kier molecular flexibility index (Phi) is 4.08. The molecule has 0 saturated carbocycles. The number of amides is 1. The summed E-state index contributed by atoms with van der Waals surface area (Å²) in [7, 11) is 0. The Morgan fingerprint density at radius 1 is 1.13 bits per heavy atom. The third-order valence-corrected chi connectivity index (χ3v) is 4.14. The van der Waals surface area contributed by atoms with Gasteiger partial charge in [0.1, 0.15) is 17.2 Å². The minimum absolute atomic E-state index is 0.0519. The van der Waals surface area contributed by atoms with E-state index >= 15 is 0 Å². The third-order valence-electron chi connectivity index (χ3n) is 3.23. The summed E-state index contributed by atoms with van der Waals surface area (Å²) in [6, 6.07) is 11.9. The van der Waals surface area contributed by atoms with Gasteiger partial charge in [-0.1, -0.05) is 24.3 Å². The number of rotatable bonds is 2. The minimum atomic E-state index is -0.288. The van der Waals surface area contributed by atoms with Crippen LogP contribution >= 0.6 is 11.8 Å². The molecule has 0 radical (unpaired) electrons. The van der Waals surface area contributed by atoms with Crippen LogP contribution in [0.2, 0.25) is 0 Å². The second-order valence-electron chi connectivity index (χ2n) is 5.03. The first-order valence-electron chi connectivity index (χ1n) is 6.90. The molecular weight excluding hydrogens is 312 g/mol. The quantitative estimate of drug-likeness (QED) is 0.740. The standard InChI is InChI=1S/C17H14N2O3S/c1-10-6-7-14(21)12(8-10)18-17-19-16(22)15(23-17)9-11-4-2-3-5-13(11)20/h2-9,20-21H,1H3,(H,18,19,22)/b15-9-. The number of nitrogens with zero attached hydrogens (tertiary/aromatic N) is 1. The number of phenolic OH excluding ortho intramolecular Hbond substituents is 2. The number of nitrogens with one attached hydrogen (secondary N) is 1. The molecule has 0 aliphatic carbocycles. The number of phenols is 2. The van der Waals surface area contributed by atoms with Crippen LogP contribution in [0.25, 0.3) is 6.08 Å². The smallest absolute Gasteiger partial charge is 0.264 e. The lowest BCUT2D eigenvalue weighted by Crippen LogP contribution is -2.19. The van der Waals surface area contributed by atoms with E-state index in [1.807, 2.05) is 6.92 Å². The van der Waals surface area contributed by atoms with Gasteiger partial charge in [-0.2, -0.15) is 0 Å². The van der Waals surface area contributed by atoms with E-state index in [1.54, 1.807) is 48.5 Å². The van der Waals surface area contributed by atoms with Crippen molar-refractivity contribution in [1.82, 2.24) is 5.32 Å². The monoisotopic (exact) mass is 326 g/mol. The van der Waals surface area contributed by atoms with Crippen LogP contribution in [0, 0.1) is 6.92 Å². The number of carbonyl (C=O) groups excluding carboxylic acids is 1. The SMILES string of the molecule is Cc1ccc(O)c(N=C2NC(=O)/C(=C/c3ccccc3O)S2)c1. The number of hydrogen-bond donors (Lipinski definition) is 3. The van der Waals surface area contributed by atoms with Crippen molar-refractivity contribution in [3.63, 3.8) is 0 Å². The van der Waals surface area contributed by atoms with Crippen molar-refractivity contribution in [2.45, 2.75) is 6.92 Å². The van der Waals surface area contributed by atoms with Gasteiger partial charge in [0.15, 0.2) is 5.17 Å². The molecule has 1 amide bonds. The van der Waals surface area contributed by atoms with Crippen molar-refractivity contribution in [2.24, 2.45) is 4.99 Å². The summed E-state index contributed by atoms with van der Waals surface area (Å²) in [6.45, 7) is 1.90. The first kappa shape index (κ1) is 15.2. The number of aliphatic imine (C=N–C) groups is 1. The van der Waals surface area contributed by atoms with Gasteiger partial charge in [-0.3, -0.25) is 4.79 Å². The number of amidine groups is 1. The van der Waals surface area contributed by atoms with Crippen LogP contribution in [0.15, 0.2) is 52.4 Å². The molecule has 1 fully saturated rings. The van der Waals surface area contributed by atoms with Crippen LogP contribution in [0.3, 0.4) is 0 Å². The average molecular weight is 326 g/mol. The predicted molar refractivity (Wildman–Crippen MR) is 91.8 cm³/mol. The molecule has 3 N–H and O–H groups in total. The molecular formula is C17H14N2O3S. The zero-order valence-electron chi connectivity index (χ0n) is 12.3. The lowest BCUT2D eigenvalue weighted by Gasteiger charge is -2.01. The molecule has 1 saturated heterocycles. The van der Waals surface area contributed by atoms with Crippen LogP contribution in [-0.4, -0.2) is 21.3 Å². The van der Waals surface area contributed by atoms with Gasteiger partial charge in [0.05, 0.1) is 4.91 Å².